The Hall–Kier alpha value is -1.06. The number of carbonyl (C=O) groups excluding carboxylic acids is 2. The maximum absolute atomic E-state index is 12.1. The molecule has 4 nitrogen and oxygen atoms in total. The standard InChI is InChI=1S/C15H27NO3/c1-9(2)12(14(18)19-15(4,5)6)16-13(17)10(3)11-7-8-11/h9-12H,7-8H2,1-6H3,(H,16,17)/t10?,12-/m0/s1. The summed E-state index contributed by atoms with van der Waals surface area (Å²) in [5.41, 5.74) is -0.531. The lowest BCUT2D eigenvalue weighted by atomic mass is 10.0. The SMILES string of the molecule is CC(C(=O)N[C@H](C(=O)OC(C)(C)C)C(C)C)C1CC1. The minimum Gasteiger partial charge on any atom is -0.458 e. The monoisotopic (exact) mass is 269 g/mol. The summed E-state index contributed by atoms with van der Waals surface area (Å²) in [5.74, 6) is 0.117. The summed E-state index contributed by atoms with van der Waals surface area (Å²) in [6.07, 6.45) is 2.24. The molecule has 2 atom stereocenters. The summed E-state index contributed by atoms with van der Waals surface area (Å²) in [4.78, 5) is 24.2. The van der Waals surface area contributed by atoms with Crippen LogP contribution in [-0.2, 0) is 14.3 Å². The van der Waals surface area contributed by atoms with E-state index in [9.17, 15) is 9.59 Å². The van der Waals surface area contributed by atoms with Gasteiger partial charge in [-0.15, -0.1) is 0 Å². The van der Waals surface area contributed by atoms with Gasteiger partial charge in [0.1, 0.15) is 11.6 Å². The number of hydrogen-bond acceptors (Lipinski definition) is 3. The van der Waals surface area contributed by atoms with Gasteiger partial charge in [0.05, 0.1) is 0 Å². The van der Waals surface area contributed by atoms with Gasteiger partial charge in [0.2, 0.25) is 5.91 Å². The molecule has 0 saturated heterocycles. The molecule has 1 amide bonds. The smallest absolute Gasteiger partial charge is 0.329 e. The molecule has 0 aliphatic heterocycles. The van der Waals surface area contributed by atoms with Crippen molar-refractivity contribution in [2.24, 2.45) is 17.8 Å². The first kappa shape index (κ1) is 16.0. The molecule has 4 heteroatoms. The van der Waals surface area contributed by atoms with Crippen molar-refractivity contribution in [1.82, 2.24) is 5.32 Å². The van der Waals surface area contributed by atoms with E-state index >= 15 is 0 Å². The van der Waals surface area contributed by atoms with Gasteiger partial charge in [0.15, 0.2) is 0 Å². The van der Waals surface area contributed by atoms with Crippen molar-refractivity contribution in [3.05, 3.63) is 0 Å². The van der Waals surface area contributed by atoms with Gasteiger partial charge in [-0.1, -0.05) is 20.8 Å². The van der Waals surface area contributed by atoms with Crippen molar-refractivity contribution in [2.45, 2.75) is 66.0 Å². The molecule has 0 bridgehead atoms. The van der Waals surface area contributed by atoms with Crippen molar-refractivity contribution < 1.29 is 14.3 Å². The van der Waals surface area contributed by atoms with Gasteiger partial charge in [-0.2, -0.15) is 0 Å². The first-order chi connectivity index (χ1) is 8.61. The highest BCUT2D eigenvalue weighted by atomic mass is 16.6. The Balaban J connectivity index is 2.61. The Morgan fingerprint density at radius 2 is 1.68 bits per heavy atom. The molecule has 1 unspecified atom stereocenters. The van der Waals surface area contributed by atoms with E-state index in [0.717, 1.165) is 12.8 Å². The second-order valence-corrected chi connectivity index (χ2v) is 6.89. The summed E-state index contributed by atoms with van der Waals surface area (Å²) in [6, 6.07) is -0.562. The second kappa shape index (κ2) is 5.93. The van der Waals surface area contributed by atoms with Gasteiger partial charge in [-0.25, -0.2) is 4.79 Å². The van der Waals surface area contributed by atoms with Crippen LogP contribution >= 0.6 is 0 Å². The average Bonchev–Trinajstić information content (AvgIpc) is 3.04. The lowest BCUT2D eigenvalue weighted by Gasteiger charge is -2.27. The third-order valence-electron chi connectivity index (χ3n) is 3.37. The highest BCUT2D eigenvalue weighted by Gasteiger charge is 2.36. The Bertz CT molecular complexity index is 340. The Kier molecular flexibility index (Phi) is 4.99. The minimum atomic E-state index is -0.562. The largest absolute Gasteiger partial charge is 0.458 e. The zero-order valence-electron chi connectivity index (χ0n) is 12.9. The molecule has 0 aromatic carbocycles. The lowest BCUT2D eigenvalue weighted by molar-refractivity contribution is -0.160. The predicted molar refractivity (Wildman–Crippen MR) is 74.5 cm³/mol. The van der Waals surface area contributed by atoms with Gasteiger partial charge in [0.25, 0.3) is 0 Å². The highest BCUT2D eigenvalue weighted by molar-refractivity contribution is 5.86. The fraction of sp³-hybridized carbons (Fsp3) is 0.867. The molecule has 1 N–H and O–H groups in total. The minimum absolute atomic E-state index is 0.0105. The maximum atomic E-state index is 12.1. The molecule has 0 spiro atoms. The van der Waals surface area contributed by atoms with Crippen LogP contribution in [0.4, 0.5) is 0 Å². The Labute approximate surface area is 116 Å². The zero-order valence-corrected chi connectivity index (χ0v) is 12.9. The summed E-state index contributed by atoms with van der Waals surface area (Å²) in [7, 11) is 0. The third-order valence-corrected chi connectivity index (χ3v) is 3.37. The first-order valence-corrected chi connectivity index (χ1v) is 7.15. The van der Waals surface area contributed by atoms with Crippen molar-refractivity contribution in [3.63, 3.8) is 0 Å². The lowest BCUT2D eigenvalue weighted by Crippen LogP contribution is -2.48. The molecule has 1 fully saturated rings. The normalized spacial score (nSPS) is 18.9. The molecule has 1 aliphatic rings. The van der Waals surface area contributed by atoms with Gasteiger partial charge in [0, 0.05) is 5.92 Å². The van der Waals surface area contributed by atoms with Gasteiger partial charge >= 0.3 is 5.97 Å². The van der Waals surface area contributed by atoms with E-state index in [1.54, 1.807) is 0 Å². The summed E-state index contributed by atoms with van der Waals surface area (Å²) < 4.78 is 5.36. The van der Waals surface area contributed by atoms with E-state index in [1.807, 2.05) is 41.5 Å². The maximum Gasteiger partial charge on any atom is 0.329 e. The van der Waals surface area contributed by atoms with E-state index in [1.165, 1.54) is 0 Å². The van der Waals surface area contributed by atoms with Crippen LogP contribution in [0.2, 0.25) is 0 Å². The summed E-state index contributed by atoms with van der Waals surface area (Å²) in [5, 5.41) is 2.85. The number of ether oxygens (including phenoxy) is 1. The predicted octanol–water partition coefficient (Wildman–Crippen LogP) is 2.52. The van der Waals surface area contributed by atoms with E-state index in [0.29, 0.717) is 5.92 Å². The van der Waals surface area contributed by atoms with Gasteiger partial charge in [-0.05, 0) is 45.4 Å². The molecule has 1 aliphatic carbocycles. The fourth-order valence-corrected chi connectivity index (χ4v) is 1.96. The van der Waals surface area contributed by atoms with Crippen LogP contribution in [0.1, 0.15) is 54.4 Å². The van der Waals surface area contributed by atoms with Crippen LogP contribution in [0, 0.1) is 17.8 Å². The Morgan fingerprint density at radius 3 is 2.05 bits per heavy atom. The Morgan fingerprint density at radius 1 is 1.16 bits per heavy atom. The molecule has 0 aromatic heterocycles. The summed E-state index contributed by atoms with van der Waals surface area (Å²) in [6.45, 7) is 11.2. The van der Waals surface area contributed by atoms with Gasteiger partial charge in [-0.3, -0.25) is 4.79 Å². The molecular weight excluding hydrogens is 242 g/mol. The quantitative estimate of drug-likeness (QED) is 0.780. The van der Waals surface area contributed by atoms with Crippen LogP contribution in [0.3, 0.4) is 0 Å². The van der Waals surface area contributed by atoms with Crippen molar-refractivity contribution >= 4 is 11.9 Å². The number of amides is 1. The first-order valence-electron chi connectivity index (χ1n) is 7.15. The van der Waals surface area contributed by atoms with Crippen LogP contribution in [0.15, 0.2) is 0 Å². The average molecular weight is 269 g/mol. The molecule has 1 rings (SSSR count). The molecule has 0 heterocycles. The number of carbonyl (C=O) groups is 2. The van der Waals surface area contributed by atoms with Crippen LogP contribution in [0.5, 0.6) is 0 Å². The molecular formula is C15H27NO3. The van der Waals surface area contributed by atoms with E-state index < -0.39 is 11.6 Å². The van der Waals surface area contributed by atoms with Crippen LogP contribution in [0.25, 0.3) is 0 Å². The number of rotatable bonds is 5. The molecule has 0 aromatic rings. The molecule has 1 saturated carbocycles. The second-order valence-electron chi connectivity index (χ2n) is 6.89. The fourth-order valence-electron chi connectivity index (χ4n) is 1.96. The third kappa shape index (κ3) is 5.21. The van der Waals surface area contributed by atoms with Crippen molar-refractivity contribution in [3.8, 4) is 0 Å². The molecule has 110 valence electrons. The van der Waals surface area contributed by atoms with Gasteiger partial charge < -0.3 is 10.1 Å². The van der Waals surface area contributed by atoms with Crippen LogP contribution < -0.4 is 5.32 Å². The highest BCUT2D eigenvalue weighted by Crippen LogP contribution is 2.36. The summed E-state index contributed by atoms with van der Waals surface area (Å²) >= 11 is 0. The number of nitrogens with one attached hydrogen (secondary N) is 1. The van der Waals surface area contributed by atoms with E-state index in [4.69, 9.17) is 4.74 Å². The van der Waals surface area contributed by atoms with Crippen molar-refractivity contribution in [2.75, 3.05) is 0 Å². The number of hydrogen-bond donors (Lipinski definition) is 1. The molecule has 19 heavy (non-hydrogen) atoms. The van der Waals surface area contributed by atoms with E-state index in [-0.39, 0.29) is 23.7 Å². The van der Waals surface area contributed by atoms with Crippen LogP contribution in [-0.4, -0.2) is 23.5 Å². The molecule has 0 radical (unpaired) electrons. The number of esters is 1. The topological polar surface area (TPSA) is 55.4 Å². The van der Waals surface area contributed by atoms with Crippen molar-refractivity contribution in [1.29, 1.82) is 0 Å². The van der Waals surface area contributed by atoms with E-state index in [2.05, 4.69) is 5.32 Å². The zero-order chi connectivity index (χ0) is 14.8.